The summed E-state index contributed by atoms with van der Waals surface area (Å²) in [4.78, 5) is 24.6. The fourth-order valence-electron chi connectivity index (χ4n) is 2.21. The van der Waals surface area contributed by atoms with Crippen LogP contribution in [0.4, 0.5) is 0 Å². The lowest BCUT2D eigenvalue weighted by Crippen LogP contribution is -2.45. The zero-order valence-corrected chi connectivity index (χ0v) is 13.1. The van der Waals surface area contributed by atoms with Crippen LogP contribution in [0.3, 0.4) is 0 Å². The SMILES string of the molecule is COc1cc(C=CC(=O)N2CCNCC2)ccc1OCC(N)=O. The number of nitrogens with two attached hydrogens (primary N) is 1. The highest BCUT2D eigenvalue weighted by atomic mass is 16.5. The number of carbonyl (C=O) groups excluding carboxylic acids is 2. The molecule has 0 bridgehead atoms. The van der Waals surface area contributed by atoms with Crippen molar-refractivity contribution < 1.29 is 19.1 Å². The number of primary amides is 1. The third kappa shape index (κ3) is 5.00. The van der Waals surface area contributed by atoms with Crippen LogP contribution in [0.15, 0.2) is 24.3 Å². The maximum absolute atomic E-state index is 12.1. The van der Waals surface area contributed by atoms with Gasteiger partial charge in [-0.3, -0.25) is 9.59 Å². The Morgan fingerprint density at radius 1 is 1.30 bits per heavy atom. The normalized spacial score (nSPS) is 14.7. The number of carbonyl (C=O) groups is 2. The zero-order valence-electron chi connectivity index (χ0n) is 13.1. The van der Waals surface area contributed by atoms with Gasteiger partial charge >= 0.3 is 0 Å². The molecule has 1 aromatic carbocycles. The van der Waals surface area contributed by atoms with Gasteiger partial charge in [0.15, 0.2) is 18.1 Å². The number of nitrogens with zero attached hydrogens (tertiary/aromatic N) is 1. The molecule has 1 aromatic rings. The van der Waals surface area contributed by atoms with E-state index in [0.29, 0.717) is 24.6 Å². The van der Waals surface area contributed by atoms with Crippen molar-refractivity contribution in [3.63, 3.8) is 0 Å². The molecule has 0 unspecified atom stereocenters. The van der Waals surface area contributed by atoms with Gasteiger partial charge in [0.2, 0.25) is 5.91 Å². The topological polar surface area (TPSA) is 93.9 Å². The van der Waals surface area contributed by atoms with Gasteiger partial charge in [0, 0.05) is 32.3 Å². The van der Waals surface area contributed by atoms with Gasteiger partial charge in [-0.1, -0.05) is 6.07 Å². The minimum Gasteiger partial charge on any atom is -0.493 e. The van der Waals surface area contributed by atoms with Crippen LogP contribution in [0, 0.1) is 0 Å². The summed E-state index contributed by atoms with van der Waals surface area (Å²) in [6, 6.07) is 5.19. The Bertz CT molecular complexity index is 595. The highest BCUT2D eigenvalue weighted by Crippen LogP contribution is 2.28. The predicted octanol–water partition coefficient (Wildman–Crippen LogP) is 0.00430. The first-order chi connectivity index (χ1) is 11.1. The number of benzene rings is 1. The van der Waals surface area contributed by atoms with Gasteiger partial charge in [-0.05, 0) is 23.8 Å². The van der Waals surface area contributed by atoms with E-state index in [4.69, 9.17) is 15.2 Å². The summed E-state index contributed by atoms with van der Waals surface area (Å²) in [5.41, 5.74) is 5.85. The van der Waals surface area contributed by atoms with Gasteiger partial charge in [-0.25, -0.2) is 0 Å². The second-order valence-corrected chi connectivity index (χ2v) is 5.07. The number of piperazine rings is 1. The number of nitrogens with one attached hydrogen (secondary N) is 1. The average Bonchev–Trinajstić information content (AvgIpc) is 2.58. The summed E-state index contributed by atoms with van der Waals surface area (Å²) < 4.78 is 10.5. The first kappa shape index (κ1) is 16.8. The van der Waals surface area contributed by atoms with E-state index in [1.165, 1.54) is 7.11 Å². The van der Waals surface area contributed by atoms with Gasteiger partial charge < -0.3 is 25.4 Å². The van der Waals surface area contributed by atoms with Crippen molar-refractivity contribution in [1.29, 1.82) is 0 Å². The van der Waals surface area contributed by atoms with Gasteiger partial charge in [0.1, 0.15) is 0 Å². The summed E-state index contributed by atoms with van der Waals surface area (Å²) in [7, 11) is 1.51. The molecule has 1 fully saturated rings. The van der Waals surface area contributed by atoms with Gasteiger partial charge in [-0.15, -0.1) is 0 Å². The second-order valence-electron chi connectivity index (χ2n) is 5.07. The lowest BCUT2D eigenvalue weighted by atomic mass is 10.2. The van der Waals surface area contributed by atoms with Gasteiger partial charge in [0.25, 0.3) is 5.91 Å². The lowest BCUT2D eigenvalue weighted by Gasteiger charge is -2.26. The number of amides is 2. The van der Waals surface area contributed by atoms with Crippen LogP contribution in [0.5, 0.6) is 11.5 Å². The fraction of sp³-hybridized carbons (Fsp3) is 0.375. The van der Waals surface area contributed by atoms with Crippen molar-refractivity contribution in [2.75, 3.05) is 39.9 Å². The van der Waals surface area contributed by atoms with Crippen molar-refractivity contribution in [3.8, 4) is 11.5 Å². The molecule has 0 atom stereocenters. The molecule has 1 heterocycles. The number of hydrogen-bond donors (Lipinski definition) is 2. The minimum atomic E-state index is -0.558. The molecule has 0 radical (unpaired) electrons. The third-order valence-corrected chi connectivity index (χ3v) is 3.40. The molecule has 7 heteroatoms. The predicted molar refractivity (Wildman–Crippen MR) is 86.2 cm³/mol. The van der Waals surface area contributed by atoms with Crippen LogP contribution in [-0.4, -0.2) is 56.6 Å². The van der Waals surface area contributed by atoms with E-state index in [0.717, 1.165) is 18.7 Å². The van der Waals surface area contributed by atoms with E-state index in [9.17, 15) is 9.59 Å². The van der Waals surface area contributed by atoms with Gasteiger partial charge in [-0.2, -0.15) is 0 Å². The Kier molecular flexibility index (Phi) is 5.99. The van der Waals surface area contributed by atoms with Crippen molar-refractivity contribution in [2.45, 2.75) is 0 Å². The molecule has 1 aliphatic rings. The zero-order chi connectivity index (χ0) is 16.7. The van der Waals surface area contributed by atoms with Crippen LogP contribution in [0.2, 0.25) is 0 Å². The smallest absolute Gasteiger partial charge is 0.255 e. The molecule has 124 valence electrons. The Hall–Kier alpha value is -2.54. The van der Waals surface area contributed by atoms with E-state index in [2.05, 4.69) is 5.32 Å². The number of methoxy groups -OCH3 is 1. The molecule has 0 saturated carbocycles. The van der Waals surface area contributed by atoms with E-state index in [1.807, 2.05) is 0 Å². The van der Waals surface area contributed by atoms with Crippen molar-refractivity contribution in [2.24, 2.45) is 5.73 Å². The largest absolute Gasteiger partial charge is 0.493 e. The molecule has 7 nitrogen and oxygen atoms in total. The highest BCUT2D eigenvalue weighted by molar-refractivity contribution is 5.92. The molecular weight excluding hydrogens is 298 g/mol. The van der Waals surface area contributed by atoms with Crippen LogP contribution in [0.1, 0.15) is 5.56 Å². The molecule has 0 aromatic heterocycles. The molecule has 1 aliphatic heterocycles. The standard InChI is InChI=1S/C16H21N3O4/c1-22-14-10-12(2-4-13(14)23-11-15(17)20)3-5-16(21)19-8-6-18-7-9-19/h2-5,10,18H,6-9,11H2,1H3,(H2,17,20). The summed E-state index contributed by atoms with van der Waals surface area (Å²) in [5, 5.41) is 3.20. The first-order valence-electron chi connectivity index (χ1n) is 7.37. The van der Waals surface area contributed by atoms with Crippen LogP contribution in [0.25, 0.3) is 6.08 Å². The average molecular weight is 319 g/mol. The molecule has 23 heavy (non-hydrogen) atoms. The molecule has 0 spiro atoms. The van der Waals surface area contributed by atoms with Crippen LogP contribution in [-0.2, 0) is 9.59 Å². The summed E-state index contributed by atoms with van der Waals surface area (Å²) in [5.74, 6) is 0.331. The minimum absolute atomic E-state index is 0.0143. The van der Waals surface area contributed by atoms with Crippen molar-refractivity contribution in [3.05, 3.63) is 29.8 Å². The van der Waals surface area contributed by atoms with E-state index in [-0.39, 0.29) is 12.5 Å². The Morgan fingerprint density at radius 2 is 2.04 bits per heavy atom. The third-order valence-electron chi connectivity index (χ3n) is 3.40. The first-order valence-corrected chi connectivity index (χ1v) is 7.37. The molecular formula is C16H21N3O4. The lowest BCUT2D eigenvalue weighted by molar-refractivity contribution is -0.126. The molecule has 2 amide bonds. The maximum atomic E-state index is 12.1. The van der Waals surface area contributed by atoms with Gasteiger partial charge in [0.05, 0.1) is 7.11 Å². The number of hydrogen-bond acceptors (Lipinski definition) is 5. The molecule has 3 N–H and O–H groups in total. The Morgan fingerprint density at radius 3 is 2.70 bits per heavy atom. The van der Waals surface area contributed by atoms with E-state index in [1.54, 1.807) is 35.3 Å². The molecule has 2 rings (SSSR count). The Balaban J connectivity index is 2.03. The van der Waals surface area contributed by atoms with Crippen LogP contribution >= 0.6 is 0 Å². The van der Waals surface area contributed by atoms with Crippen molar-refractivity contribution in [1.82, 2.24) is 10.2 Å². The summed E-state index contributed by atoms with van der Waals surface area (Å²) >= 11 is 0. The van der Waals surface area contributed by atoms with E-state index < -0.39 is 5.91 Å². The van der Waals surface area contributed by atoms with Crippen molar-refractivity contribution >= 4 is 17.9 Å². The molecule has 1 saturated heterocycles. The summed E-state index contributed by atoms with van der Waals surface area (Å²) in [6.45, 7) is 2.85. The number of rotatable bonds is 6. The van der Waals surface area contributed by atoms with E-state index >= 15 is 0 Å². The molecule has 0 aliphatic carbocycles. The number of ether oxygens (including phenoxy) is 2. The maximum Gasteiger partial charge on any atom is 0.255 e. The highest BCUT2D eigenvalue weighted by Gasteiger charge is 2.13. The fourth-order valence-corrected chi connectivity index (χ4v) is 2.21. The van der Waals surface area contributed by atoms with Crippen LogP contribution < -0.4 is 20.5 Å². The monoisotopic (exact) mass is 319 g/mol. The second kappa shape index (κ2) is 8.19. The quantitative estimate of drug-likeness (QED) is 0.720. The Labute approximate surface area is 135 Å². The summed E-state index contributed by atoms with van der Waals surface area (Å²) in [6.07, 6.45) is 3.27.